The Morgan fingerprint density at radius 1 is 1.11 bits per heavy atom. The average Bonchev–Trinajstić information content (AvgIpc) is 2.83. The van der Waals surface area contributed by atoms with E-state index < -0.39 is 22.5 Å². The molecule has 0 spiro atoms. The number of aryl methyl sites for hydroxylation is 2. The fourth-order valence-corrected chi connectivity index (χ4v) is 4.88. The Hall–Kier alpha value is -3.37. The van der Waals surface area contributed by atoms with Crippen LogP contribution in [0, 0.1) is 13.8 Å². The zero-order chi connectivity index (χ0) is 26.3. The van der Waals surface area contributed by atoms with E-state index in [9.17, 15) is 13.2 Å². The molecule has 0 aliphatic carbocycles. The molecule has 0 unspecified atom stereocenters. The van der Waals surface area contributed by atoms with Gasteiger partial charge < -0.3 is 9.47 Å². The quantitative estimate of drug-likeness (QED) is 0.283. The summed E-state index contributed by atoms with van der Waals surface area (Å²) in [7, 11) is -2.16. The highest BCUT2D eigenvalue weighted by molar-refractivity contribution is 9.10. The van der Waals surface area contributed by atoms with Crippen LogP contribution in [0.15, 0.2) is 70.2 Å². The molecule has 0 fully saturated rings. The number of sulfonamides is 1. The maximum absolute atomic E-state index is 12.5. The van der Waals surface area contributed by atoms with Crippen molar-refractivity contribution >= 4 is 43.8 Å². The summed E-state index contributed by atoms with van der Waals surface area (Å²) in [6.45, 7) is 3.62. The summed E-state index contributed by atoms with van der Waals surface area (Å²) in [5.74, 6) is 0.456. The van der Waals surface area contributed by atoms with Gasteiger partial charge in [-0.15, -0.1) is 0 Å². The summed E-state index contributed by atoms with van der Waals surface area (Å²) in [6, 6.07) is 18.7. The minimum atomic E-state index is -3.69. The number of anilines is 1. The lowest BCUT2D eigenvalue weighted by Crippen LogP contribution is -2.39. The number of methoxy groups -OCH3 is 1. The molecule has 1 amide bonds. The number of halogens is 1. The van der Waals surface area contributed by atoms with Crippen molar-refractivity contribution in [1.29, 1.82) is 0 Å². The summed E-state index contributed by atoms with van der Waals surface area (Å²) >= 11 is 3.50. The molecule has 0 saturated heterocycles. The third-order valence-electron chi connectivity index (χ3n) is 5.20. The standard InChI is InChI=1S/C26H28BrN3O5S/c1-18-10-11-19(2)23(12-18)30(36(4,32)33)16-25(31)29-28-15-21-13-22(27)26(24(14-21)34-3)35-17-20-8-6-5-7-9-20/h5-15H,16-17H2,1-4H3,(H,29,31)/b28-15-. The van der Waals surface area contributed by atoms with Crippen LogP contribution in [0.4, 0.5) is 5.69 Å². The van der Waals surface area contributed by atoms with E-state index in [0.29, 0.717) is 33.8 Å². The van der Waals surface area contributed by atoms with Gasteiger partial charge >= 0.3 is 0 Å². The lowest BCUT2D eigenvalue weighted by Gasteiger charge is -2.23. The predicted molar refractivity (Wildman–Crippen MR) is 145 cm³/mol. The number of hydrogen-bond acceptors (Lipinski definition) is 6. The van der Waals surface area contributed by atoms with Gasteiger partial charge in [0.25, 0.3) is 5.91 Å². The van der Waals surface area contributed by atoms with Gasteiger partial charge in [-0.25, -0.2) is 13.8 Å². The van der Waals surface area contributed by atoms with Crippen molar-refractivity contribution in [2.24, 2.45) is 5.10 Å². The molecule has 0 saturated carbocycles. The van der Waals surface area contributed by atoms with E-state index in [4.69, 9.17) is 9.47 Å². The van der Waals surface area contributed by atoms with Gasteiger partial charge in [-0.1, -0.05) is 42.5 Å². The predicted octanol–water partition coefficient (Wildman–Crippen LogP) is 4.57. The van der Waals surface area contributed by atoms with E-state index in [-0.39, 0.29) is 0 Å². The molecular formula is C26H28BrN3O5S. The Bertz CT molecular complexity index is 1360. The molecule has 190 valence electrons. The first-order valence-electron chi connectivity index (χ1n) is 11.0. The summed E-state index contributed by atoms with van der Waals surface area (Å²) in [6.07, 6.45) is 2.51. The Morgan fingerprint density at radius 3 is 2.50 bits per heavy atom. The molecule has 8 nitrogen and oxygen atoms in total. The largest absolute Gasteiger partial charge is 0.493 e. The second-order valence-electron chi connectivity index (χ2n) is 8.16. The molecule has 36 heavy (non-hydrogen) atoms. The van der Waals surface area contributed by atoms with Gasteiger partial charge in [0, 0.05) is 0 Å². The highest BCUT2D eigenvalue weighted by Crippen LogP contribution is 2.36. The highest BCUT2D eigenvalue weighted by Gasteiger charge is 2.22. The number of hydrazone groups is 1. The normalized spacial score (nSPS) is 11.4. The number of ether oxygens (including phenoxy) is 2. The van der Waals surface area contributed by atoms with Gasteiger partial charge in [0.1, 0.15) is 13.2 Å². The minimum Gasteiger partial charge on any atom is -0.493 e. The maximum atomic E-state index is 12.5. The van der Waals surface area contributed by atoms with E-state index in [2.05, 4.69) is 26.5 Å². The Labute approximate surface area is 220 Å². The monoisotopic (exact) mass is 573 g/mol. The zero-order valence-corrected chi connectivity index (χ0v) is 22.9. The number of rotatable bonds is 10. The van der Waals surface area contributed by atoms with Crippen molar-refractivity contribution in [3.8, 4) is 11.5 Å². The first-order valence-corrected chi connectivity index (χ1v) is 13.6. The molecule has 0 aromatic heterocycles. The Balaban J connectivity index is 1.70. The second-order valence-corrected chi connectivity index (χ2v) is 10.9. The Morgan fingerprint density at radius 2 is 1.83 bits per heavy atom. The van der Waals surface area contributed by atoms with E-state index >= 15 is 0 Å². The van der Waals surface area contributed by atoms with Crippen molar-refractivity contribution in [3.05, 3.63) is 87.4 Å². The number of nitrogens with zero attached hydrogens (tertiary/aromatic N) is 2. The fourth-order valence-electron chi connectivity index (χ4n) is 3.40. The van der Waals surface area contributed by atoms with Crippen LogP contribution in [0.5, 0.6) is 11.5 Å². The molecule has 0 aliphatic rings. The molecule has 0 heterocycles. The van der Waals surface area contributed by atoms with Crippen LogP contribution in [0.3, 0.4) is 0 Å². The van der Waals surface area contributed by atoms with Crippen LogP contribution in [0.1, 0.15) is 22.3 Å². The maximum Gasteiger partial charge on any atom is 0.260 e. The molecule has 0 radical (unpaired) electrons. The first kappa shape index (κ1) is 27.2. The number of carbonyl (C=O) groups excluding carboxylic acids is 1. The van der Waals surface area contributed by atoms with Crippen molar-refractivity contribution in [2.45, 2.75) is 20.5 Å². The highest BCUT2D eigenvalue weighted by atomic mass is 79.9. The van der Waals surface area contributed by atoms with Gasteiger partial charge in [0.15, 0.2) is 11.5 Å². The number of amides is 1. The van der Waals surface area contributed by atoms with Gasteiger partial charge in [0.05, 0.1) is 29.7 Å². The average molecular weight is 574 g/mol. The minimum absolute atomic E-state index is 0.372. The fraction of sp³-hybridized carbons (Fsp3) is 0.231. The van der Waals surface area contributed by atoms with Crippen LogP contribution in [0.2, 0.25) is 0 Å². The number of benzene rings is 3. The van der Waals surface area contributed by atoms with Crippen LogP contribution in [-0.4, -0.2) is 40.4 Å². The third kappa shape index (κ3) is 7.32. The van der Waals surface area contributed by atoms with Crippen LogP contribution >= 0.6 is 15.9 Å². The van der Waals surface area contributed by atoms with E-state index in [0.717, 1.165) is 27.3 Å². The Kier molecular flexibility index (Phi) is 9.11. The van der Waals surface area contributed by atoms with E-state index in [1.165, 1.54) is 13.3 Å². The van der Waals surface area contributed by atoms with E-state index in [1.807, 2.05) is 49.4 Å². The van der Waals surface area contributed by atoms with Gasteiger partial charge in [-0.05, 0) is 70.2 Å². The van der Waals surface area contributed by atoms with Gasteiger partial charge in [-0.3, -0.25) is 9.10 Å². The first-order chi connectivity index (χ1) is 17.1. The summed E-state index contributed by atoms with van der Waals surface area (Å²) in [5, 5.41) is 3.99. The number of carbonyl (C=O) groups is 1. The van der Waals surface area contributed by atoms with Crippen molar-refractivity contribution in [2.75, 3.05) is 24.2 Å². The van der Waals surface area contributed by atoms with Crippen LogP contribution in [0.25, 0.3) is 0 Å². The molecule has 0 bridgehead atoms. The van der Waals surface area contributed by atoms with Crippen LogP contribution in [-0.2, 0) is 21.4 Å². The summed E-state index contributed by atoms with van der Waals surface area (Å²) in [5.41, 5.74) is 6.14. The molecule has 1 N–H and O–H groups in total. The lowest BCUT2D eigenvalue weighted by atomic mass is 10.1. The SMILES string of the molecule is COc1cc(/C=N\NC(=O)CN(c2cc(C)ccc2C)S(C)(=O)=O)cc(Br)c1OCc1ccccc1. The van der Waals surface area contributed by atoms with Crippen LogP contribution < -0.4 is 19.2 Å². The zero-order valence-electron chi connectivity index (χ0n) is 20.5. The number of nitrogens with one attached hydrogen (secondary N) is 1. The second kappa shape index (κ2) is 12.0. The van der Waals surface area contributed by atoms with Crippen molar-refractivity contribution in [3.63, 3.8) is 0 Å². The number of hydrogen-bond donors (Lipinski definition) is 1. The lowest BCUT2D eigenvalue weighted by molar-refractivity contribution is -0.119. The van der Waals surface area contributed by atoms with E-state index in [1.54, 1.807) is 25.1 Å². The topological polar surface area (TPSA) is 97.3 Å². The third-order valence-corrected chi connectivity index (χ3v) is 6.92. The van der Waals surface area contributed by atoms with Gasteiger partial charge in [-0.2, -0.15) is 5.10 Å². The van der Waals surface area contributed by atoms with Crippen molar-refractivity contribution < 1.29 is 22.7 Å². The molecule has 3 aromatic rings. The smallest absolute Gasteiger partial charge is 0.260 e. The summed E-state index contributed by atoms with van der Waals surface area (Å²) in [4.78, 5) is 12.5. The van der Waals surface area contributed by atoms with Crippen molar-refractivity contribution in [1.82, 2.24) is 5.43 Å². The molecule has 3 aromatic carbocycles. The molecule has 3 rings (SSSR count). The van der Waals surface area contributed by atoms with Gasteiger partial charge in [0.2, 0.25) is 10.0 Å². The molecule has 0 aliphatic heterocycles. The molecule has 0 atom stereocenters. The molecular weight excluding hydrogens is 546 g/mol. The molecule has 10 heteroatoms. The summed E-state index contributed by atoms with van der Waals surface area (Å²) < 4.78 is 37.9.